The third-order valence-electron chi connectivity index (χ3n) is 4.22. The normalized spacial score (nSPS) is 22.7. The van der Waals surface area contributed by atoms with E-state index in [-0.39, 0.29) is 0 Å². The summed E-state index contributed by atoms with van der Waals surface area (Å²) in [7, 11) is 0. The number of hydrogen-bond acceptors (Lipinski definition) is 0. The summed E-state index contributed by atoms with van der Waals surface area (Å²) >= 11 is 0. The Hall–Kier alpha value is 0. The van der Waals surface area contributed by atoms with Crippen LogP contribution < -0.4 is 0 Å². The van der Waals surface area contributed by atoms with E-state index in [9.17, 15) is 0 Å². The van der Waals surface area contributed by atoms with Crippen LogP contribution in [-0.2, 0) is 0 Å². The number of unbranched alkanes of at least 4 members (excludes halogenated alkanes) is 1. The van der Waals surface area contributed by atoms with Crippen molar-refractivity contribution in [3.63, 3.8) is 0 Å². The predicted octanol–water partition coefficient (Wildman–Crippen LogP) is 5.32. The van der Waals surface area contributed by atoms with Crippen LogP contribution in [-0.4, -0.2) is 0 Å². The molecule has 1 fully saturated rings. The Morgan fingerprint density at radius 3 is 1.93 bits per heavy atom. The maximum atomic E-state index is 2.41. The van der Waals surface area contributed by atoms with Gasteiger partial charge in [0.15, 0.2) is 0 Å². The largest absolute Gasteiger partial charge is 0.0654 e. The highest BCUT2D eigenvalue weighted by Gasteiger charge is 2.27. The highest BCUT2D eigenvalue weighted by atomic mass is 14.3. The van der Waals surface area contributed by atoms with Gasteiger partial charge >= 0.3 is 0 Å². The molecular weight excluding hydrogens is 168 g/mol. The van der Waals surface area contributed by atoms with E-state index < -0.39 is 0 Å². The van der Waals surface area contributed by atoms with Gasteiger partial charge in [0.05, 0.1) is 0 Å². The van der Waals surface area contributed by atoms with Gasteiger partial charge in [-0.3, -0.25) is 0 Å². The van der Waals surface area contributed by atoms with Crippen LogP contribution in [0.4, 0.5) is 0 Å². The first kappa shape index (κ1) is 12.1. The molecule has 0 heterocycles. The van der Waals surface area contributed by atoms with Crippen molar-refractivity contribution in [3.05, 3.63) is 0 Å². The van der Waals surface area contributed by atoms with E-state index in [1.807, 2.05) is 0 Å². The lowest BCUT2D eigenvalue weighted by molar-refractivity contribution is 0.178. The number of hydrogen-bond donors (Lipinski definition) is 0. The van der Waals surface area contributed by atoms with Crippen LogP contribution in [0.5, 0.6) is 0 Å². The SMILES string of the molecule is CCCCC1(CC)CCCCCCC1. The lowest BCUT2D eigenvalue weighted by atomic mass is 9.71. The molecule has 0 N–H and O–H groups in total. The molecule has 1 rings (SSSR count). The molecule has 14 heavy (non-hydrogen) atoms. The van der Waals surface area contributed by atoms with E-state index in [1.54, 1.807) is 0 Å². The van der Waals surface area contributed by atoms with Crippen molar-refractivity contribution >= 4 is 0 Å². The van der Waals surface area contributed by atoms with Gasteiger partial charge in [-0.2, -0.15) is 0 Å². The summed E-state index contributed by atoms with van der Waals surface area (Å²) in [5, 5.41) is 0. The van der Waals surface area contributed by atoms with E-state index >= 15 is 0 Å². The van der Waals surface area contributed by atoms with Crippen LogP contribution in [0.15, 0.2) is 0 Å². The minimum absolute atomic E-state index is 0.746. The van der Waals surface area contributed by atoms with Gasteiger partial charge in [0.2, 0.25) is 0 Å². The number of rotatable bonds is 4. The van der Waals surface area contributed by atoms with Crippen molar-refractivity contribution in [3.8, 4) is 0 Å². The van der Waals surface area contributed by atoms with Gasteiger partial charge in [-0.1, -0.05) is 65.2 Å². The first-order chi connectivity index (χ1) is 6.83. The summed E-state index contributed by atoms with van der Waals surface area (Å²) in [5.41, 5.74) is 0.746. The summed E-state index contributed by atoms with van der Waals surface area (Å²) in [6.07, 6.45) is 16.3. The van der Waals surface area contributed by atoms with Gasteiger partial charge in [-0.25, -0.2) is 0 Å². The highest BCUT2D eigenvalue weighted by molar-refractivity contribution is 4.79. The maximum Gasteiger partial charge on any atom is -0.0300 e. The quantitative estimate of drug-likeness (QED) is 0.571. The summed E-state index contributed by atoms with van der Waals surface area (Å²) in [6.45, 7) is 4.74. The van der Waals surface area contributed by atoms with Crippen LogP contribution in [0.2, 0.25) is 0 Å². The zero-order valence-corrected chi connectivity index (χ0v) is 10.3. The Morgan fingerprint density at radius 1 is 0.857 bits per heavy atom. The van der Waals surface area contributed by atoms with Crippen molar-refractivity contribution in [2.45, 2.75) is 84.5 Å². The van der Waals surface area contributed by atoms with Crippen molar-refractivity contribution in [2.75, 3.05) is 0 Å². The van der Waals surface area contributed by atoms with E-state index in [1.165, 1.54) is 70.6 Å². The molecule has 0 bridgehead atoms. The van der Waals surface area contributed by atoms with E-state index in [4.69, 9.17) is 0 Å². The Labute approximate surface area is 90.5 Å². The fourth-order valence-electron chi connectivity index (χ4n) is 2.99. The summed E-state index contributed by atoms with van der Waals surface area (Å²) in [4.78, 5) is 0. The molecule has 1 saturated carbocycles. The first-order valence-electron chi connectivity index (χ1n) is 6.83. The molecule has 0 heteroatoms. The van der Waals surface area contributed by atoms with Crippen LogP contribution in [0.1, 0.15) is 84.5 Å². The second kappa shape index (κ2) is 6.48. The Balaban J connectivity index is 2.44. The van der Waals surface area contributed by atoms with Gasteiger partial charge in [-0.15, -0.1) is 0 Å². The zero-order valence-electron chi connectivity index (χ0n) is 10.3. The third kappa shape index (κ3) is 3.63. The van der Waals surface area contributed by atoms with E-state index in [2.05, 4.69) is 13.8 Å². The molecule has 1 aliphatic carbocycles. The third-order valence-corrected chi connectivity index (χ3v) is 4.22. The standard InChI is InChI=1S/C14H28/c1-3-5-11-14(4-2)12-9-7-6-8-10-13-14/h3-13H2,1-2H3. The molecule has 1 aliphatic rings. The molecular formula is C14H28. The van der Waals surface area contributed by atoms with Gasteiger partial charge in [0.25, 0.3) is 0 Å². The smallest absolute Gasteiger partial charge is 0.0300 e. The molecule has 0 aromatic heterocycles. The molecule has 0 unspecified atom stereocenters. The molecule has 0 radical (unpaired) electrons. The zero-order chi connectivity index (χ0) is 10.3. The van der Waals surface area contributed by atoms with Gasteiger partial charge in [0.1, 0.15) is 0 Å². The fraction of sp³-hybridized carbons (Fsp3) is 1.00. The second-order valence-corrected chi connectivity index (χ2v) is 5.22. The lowest BCUT2D eigenvalue weighted by Gasteiger charge is -2.34. The van der Waals surface area contributed by atoms with Crippen molar-refractivity contribution < 1.29 is 0 Å². The monoisotopic (exact) mass is 196 g/mol. The summed E-state index contributed by atoms with van der Waals surface area (Å²) < 4.78 is 0. The average molecular weight is 196 g/mol. The predicted molar refractivity (Wildman–Crippen MR) is 64.6 cm³/mol. The molecule has 0 aromatic carbocycles. The minimum atomic E-state index is 0.746. The van der Waals surface area contributed by atoms with Crippen molar-refractivity contribution in [1.29, 1.82) is 0 Å². The molecule has 0 nitrogen and oxygen atoms in total. The van der Waals surface area contributed by atoms with E-state index in [0.717, 1.165) is 5.41 Å². The van der Waals surface area contributed by atoms with Crippen LogP contribution in [0.3, 0.4) is 0 Å². The molecule has 0 aromatic rings. The molecule has 0 saturated heterocycles. The van der Waals surface area contributed by atoms with Gasteiger partial charge in [-0.05, 0) is 24.7 Å². The van der Waals surface area contributed by atoms with Crippen molar-refractivity contribution in [1.82, 2.24) is 0 Å². The van der Waals surface area contributed by atoms with Gasteiger partial charge in [0, 0.05) is 0 Å². The molecule has 0 spiro atoms. The summed E-state index contributed by atoms with van der Waals surface area (Å²) in [6, 6.07) is 0. The second-order valence-electron chi connectivity index (χ2n) is 5.22. The van der Waals surface area contributed by atoms with Crippen LogP contribution in [0.25, 0.3) is 0 Å². The average Bonchev–Trinajstić information content (AvgIpc) is 2.18. The highest BCUT2D eigenvalue weighted by Crippen LogP contribution is 2.41. The summed E-state index contributed by atoms with van der Waals surface area (Å²) in [5.74, 6) is 0. The Morgan fingerprint density at radius 2 is 1.43 bits per heavy atom. The Kier molecular flexibility index (Phi) is 5.59. The maximum absolute atomic E-state index is 2.41. The first-order valence-corrected chi connectivity index (χ1v) is 6.83. The van der Waals surface area contributed by atoms with Crippen molar-refractivity contribution in [2.24, 2.45) is 5.41 Å². The molecule has 84 valence electrons. The molecule has 0 aliphatic heterocycles. The Bertz CT molecular complexity index is 123. The molecule has 0 amide bonds. The molecule has 0 atom stereocenters. The van der Waals surface area contributed by atoms with E-state index in [0.29, 0.717) is 0 Å². The lowest BCUT2D eigenvalue weighted by Crippen LogP contribution is -2.21. The van der Waals surface area contributed by atoms with Crippen LogP contribution >= 0.6 is 0 Å². The minimum Gasteiger partial charge on any atom is -0.0654 e. The van der Waals surface area contributed by atoms with Gasteiger partial charge < -0.3 is 0 Å². The topological polar surface area (TPSA) is 0 Å². The fourth-order valence-corrected chi connectivity index (χ4v) is 2.99. The van der Waals surface area contributed by atoms with Crippen LogP contribution in [0, 0.1) is 5.41 Å².